The molecule has 1 radical (unpaired) electrons. The van der Waals surface area contributed by atoms with E-state index in [-0.39, 0.29) is 0 Å². The van der Waals surface area contributed by atoms with Gasteiger partial charge >= 0.3 is 63.2 Å². The molecule has 3 N–H and O–H groups in total. The standard InChI is InChI=1S/3C2H5.H3O4P.Pb/c3*1-2;1-5(2,3)4;/h3*1H2,2H3;(H3,1,2,3,4);. The monoisotopic (exact) mass is 393 g/mol. The Bertz CT molecular complexity index is 118. The maximum absolute atomic E-state index is 8.88. The van der Waals surface area contributed by atoms with E-state index in [1.165, 1.54) is 0 Å². The van der Waals surface area contributed by atoms with Crippen LogP contribution >= 0.6 is 7.82 Å². The van der Waals surface area contributed by atoms with E-state index < -0.39 is 30.5 Å². The molecule has 0 aliphatic heterocycles. The minimum Gasteiger partial charge on any atom is -0.303 e. The van der Waals surface area contributed by atoms with Crippen LogP contribution in [-0.4, -0.2) is 37.4 Å². The Hall–Kier alpha value is 1.03. The summed E-state index contributed by atoms with van der Waals surface area (Å²) in [7, 11) is -4.64. The summed E-state index contributed by atoms with van der Waals surface area (Å²) in [5, 5.41) is 0. The fourth-order valence-electron chi connectivity index (χ4n) is 0.750. The summed E-state index contributed by atoms with van der Waals surface area (Å²) >= 11 is -0.789. The largest absolute Gasteiger partial charge is 0.466 e. The van der Waals surface area contributed by atoms with Crippen molar-refractivity contribution in [2.75, 3.05) is 0 Å². The first-order valence-electron chi connectivity index (χ1n) is 3.96. The van der Waals surface area contributed by atoms with E-state index >= 15 is 0 Å². The molecule has 0 spiro atoms. The van der Waals surface area contributed by atoms with Crippen molar-refractivity contribution in [3.8, 4) is 0 Å². The van der Waals surface area contributed by atoms with E-state index in [9.17, 15) is 0 Å². The van der Waals surface area contributed by atoms with Crippen LogP contribution in [0.15, 0.2) is 0 Å². The van der Waals surface area contributed by atoms with Crippen LogP contribution in [0.25, 0.3) is 0 Å². The predicted octanol–water partition coefficient (Wildman–Crippen LogP) is 1.61. The van der Waals surface area contributed by atoms with Gasteiger partial charge in [-0.05, 0) is 0 Å². The van der Waals surface area contributed by atoms with Gasteiger partial charge in [0.2, 0.25) is 0 Å². The first-order chi connectivity index (χ1) is 5.35. The van der Waals surface area contributed by atoms with Crippen LogP contribution in [0.1, 0.15) is 20.8 Å². The summed E-state index contributed by atoms with van der Waals surface area (Å²) in [6, 6.07) is 0. The van der Waals surface area contributed by atoms with Gasteiger partial charge in [-0.1, -0.05) is 0 Å². The van der Waals surface area contributed by atoms with E-state index in [0.717, 1.165) is 0 Å². The minimum atomic E-state index is -4.64. The zero-order valence-corrected chi connectivity index (χ0v) is 12.6. The van der Waals surface area contributed by atoms with Crippen molar-refractivity contribution >= 4 is 30.5 Å². The molecular weight excluding hydrogens is 374 g/mol. The third-order valence-corrected chi connectivity index (χ3v) is 13.2. The van der Waals surface area contributed by atoms with Crippen molar-refractivity contribution in [1.82, 2.24) is 0 Å². The van der Waals surface area contributed by atoms with E-state index in [1.807, 2.05) is 0 Å². The van der Waals surface area contributed by atoms with Crippen LogP contribution in [0.5, 0.6) is 0 Å². The SMILES string of the molecule is C[CH2][Pb]([CH2]C)[CH2]C.O=P(O)(O)O. The molecule has 0 saturated carbocycles. The third kappa shape index (κ3) is 22.5. The van der Waals surface area contributed by atoms with Crippen molar-refractivity contribution in [2.24, 2.45) is 0 Å². The van der Waals surface area contributed by atoms with Gasteiger partial charge in [-0.2, -0.15) is 0 Å². The predicted molar refractivity (Wildman–Crippen MR) is 51.5 cm³/mol. The van der Waals surface area contributed by atoms with Gasteiger partial charge in [0.25, 0.3) is 0 Å². The molecule has 0 fully saturated rings. The van der Waals surface area contributed by atoms with E-state index in [0.29, 0.717) is 0 Å². The molecule has 0 aromatic carbocycles. The smallest absolute Gasteiger partial charge is 0.303 e. The Balaban J connectivity index is 0. The zero-order chi connectivity index (χ0) is 10.2. The van der Waals surface area contributed by atoms with Gasteiger partial charge in [-0.3, -0.25) is 0 Å². The van der Waals surface area contributed by atoms with Crippen LogP contribution in [0, 0.1) is 0 Å². The Morgan fingerprint density at radius 2 is 1.17 bits per heavy atom. The van der Waals surface area contributed by atoms with Crippen molar-refractivity contribution in [3.63, 3.8) is 0 Å². The molecule has 12 heavy (non-hydrogen) atoms. The second kappa shape index (κ2) is 8.62. The number of phosphoric acid groups is 1. The van der Waals surface area contributed by atoms with Gasteiger partial charge in [0, 0.05) is 0 Å². The van der Waals surface area contributed by atoms with Crippen LogP contribution in [0.4, 0.5) is 0 Å². The molecule has 0 heterocycles. The second-order valence-corrected chi connectivity index (χ2v) is 17.4. The Kier molecular flexibility index (Phi) is 11.1. The molecular formula is C6H18O4PPb. The summed E-state index contributed by atoms with van der Waals surface area (Å²) in [6.45, 7) is 7.07. The van der Waals surface area contributed by atoms with E-state index in [4.69, 9.17) is 19.2 Å². The fraction of sp³-hybridized carbons (Fsp3) is 1.00. The van der Waals surface area contributed by atoms with Crippen molar-refractivity contribution < 1.29 is 19.2 Å². The fourth-order valence-corrected chi connectivity index (χ4v) is 6.58. The molecule has 75 valence electrons. The minimum absolute atomic E-state index is 0.789. The quantitative estimate of drug-likeness (QED) is 0.504. The van der Waals surface area contributed by atoms with Gasteiger partial charge in [-0.15, -0.1) is 0 Å². The van der Waals surface area contributed by atoms with Crippen LogP contribution < -0.4 is 0 Å². The number of hydrogen-bond acceptors (Lipinski definition) is 1. The zero-order valence-electron chi connectivity index (χ0n) is 7.82. The summed E-state index contributed by atoms with van der Waals surface area (Å²) in [5.74, 6) is 0. The van der Waals surface area contributed by atoms with Crippen molar-refractivity contribution in [3.05, 3.63) is 0 Å². The topological polar surface area (TPSA) is 77.8 Å². The molecule has 0 saturated heterocycles. The van der Waals surface area contributed by atoms with E-state index in [1.54, 1.807) is 11.9 Å². The van der Waals surface area contributed by atoms with Gasteiger partial charge < -0.3 is 14.7 Å². The third-order valence-electron chi connectivity index (χ3n) is 1.50. The Labute approximate surface area is 82.4 Å². The molecule has 0 atom stereocenters. The molecule has 0 bridgehead atoms. The Morgan fingerprint density at radius 3 is 1.17 bits per heavy atom. The molecule has 0 unspecified atom stereocenters. The summed E-state index contributed by atoms with van der Waals surface area (Å²) < 4.78 is 13.6. The second-order valence-electron chi connectivity index (χ2n) is 2.32. The first-order valence-corrected chi connectivity index (χ1v) is 13.8. The maximum Gasteiger partial charge on any atom is 0.466 e. The molecule has 0 aliphatic rings. The summed E-state index contributed by atoms with van der Waals surface area (Å²) in [6.07, 6.45) is 0. The normalized spacial score (nSPS) is 10.9. The van der Waals surface area contributed by atoms with Crippen LogP contribution in [-0.2, 0) is 4.57 Å². The van der Waals surface area contributed by atoms with Gasteiger partial charge in [0.05, 0.1) is 0 Å². The summed E-state index contributed by atoms with van der Waals surface area (Å²) in [5.41, 5.74) is 0. The van der Waals surface area contributed by atoms with Crippen LogP contribution in [0.2, 0.25) is 11.9 Å². The van der Waals surface area contributed by atoms with Gasteiger partial charge in [0.15, 0.2) is 0 Å². The van der Waals surface area contributed by atoms with Crippen molar-refractivity contribution in [2.45, 2.75) is 32.7 Å². The van der Waals surface area contributed by atoms with Crippen molar-refractivity contribution in [1.29, 1.82) is 0 Å². The molecule has 6 heteroatoms. The molecule has 0 rings (SSSR count). The van der Waals surface area contributed by atoms with Gasteiger partial charge in [0.1, 0.15) is 0 Å². The molecule has 0 amide bonds. The Morgan fingerprint density at radius 1 is 1.00 bits per heavy atom. The van der Waals surface area contributed by atoms with E-state index in [2.05, 4.69) is 20.8 Å². The molecule has 4 nitrogen and oxygen atoms in total. The maximum atomic E-state index is 8.88. The summed E-state index contributed by atoms with van der Waals surface area (Å²) in [4.78, 5) is 21.6. The van der Waals surface area contributed by atoms with Crippen LogP contribution in [0.3, 0.4) is 0 Å². The number of hydrogen-bond donors (Lipinski definition) is 3. The first kappa shape index (κ1) is 15.5. The number of rotatable bonds is 3. The molecule has 0 aliphatic carbocycles. The molecule has 0 aromatic rings. The van der Waals surface area contributed by atoms with Gasteiger partial charge in [-0.25, -0.2) is 4.57 Å². The average molecular weight is 392 g/mol. The molecule has 0 aromatic heterocycles. The average Bonchev–Trinajstić information content (AvgIpc) is 1.88.